The molecular formula is C29H21F3N2O4S. The van der Waals surface area contributed by atoms with Gasteiger partial charge < -0.3 is 9.84 Å². The van der Waals surface area contributed by atoms with Gasteiger partial charge in [-0.1, -0.05) is 48.5 Å². The fraction of sp³-hybridized carbons (Fsp3) is 0.138. The molecule has 1 aliphatic heterocycles. The number of halogens is 3. The van der Waals surface area contributed by atoms with Crippen LogP contribution in [0.25, 0.3) is 10.6 Å². The van der Waals surface area contributed by atoms with Crippen LogP contribution in [0.5, 0.6) is 5.75 Å². The standard InChI is InChI=1S/C29H21F3N2O4S/c1-16-26(39-27(33-16)17-8-4-3-5-9-17)24(35)22-23(18-10-6-13-21(14-18)38-2)34(28(37)25(22)36)20-12-7-11-19(15-20)29(30,31)32/h3-15,23,36H,1-2H3. The first-order chi connectivity index (χ1) is 18.6. The Morgan fingerprint density at radius 2 is 1.74 bits per heavy atom. The van der Waals surface area contributed by atoms with Crippen LogP contribution in [0.4, 0.5) is 18.9 Å². The molecule has 10 heteroatoms. The number of rotatable bonds is 6. The highest BCUT2D eigenvalue weighted by molar-refractivity contribution is 7.17. The molecule has 1 amide bonds. The minimum absolute atomic E-state index is 0.122. The van der Waals surface area contributed by atoms with Gasteiger partial charge in [-0.15, -0.1) is 11.3 Å². The van der Waals surface area contributed by atoms with Crippen molar-refractivity contribution in [3.63, 3.8) is 0 Å². The van der Waals surface area contributed by atoms with E-state index in [2.05, 4.69) is 4.98 Å². The van der Waals surface area contributed by atoms with E-state index < -0.39 is 35.2 Å². The van der Waals surface area contributed by atoms with E-state index >= 15 is 0 Å². The lowest BCUT2D eigenvalue weighted by molar-refractivity contribution is -0.137. The van der Waals surface area contributed by atoms with Crippen LogP contribution in [-0.2, 0) is 11.0 Å². The molecule has 1 N–H and O–H groups in total. The summed E-state index contributed by atoms with van der Waals surface area (Å²) >= 11 is 1.11. The second-order valence-corrected chi connectivity index (χ2v) is 9.79. The number of thiazole rings is 1. The van der Waals surface area contributed by atoms with Crippen LogP contribution in [0.15, 0.2) is 90.2 Å². The van der Waals surface area contributed by atoms with Gasteiger partial charge in [-0.25, -0.2) is 4.98 Å². The number of aryl methyl sites for hydroxylation is 1. The largest absolute Gasteiger partial charge is 0.503 e. The van der Waals surface area contributed by atoms with E-state index in [-0.39, 0.29) is 16.1 Å². The number of carbonyl (C=O) groups excluding carboxylic acids is 2. The summed E-state index contributed by atoms with van der Waals surface area (Å²) in [6, 6.07) is 18.7. The highest BCUT2D eigenvalue weighted by Crippen LogP contribution is 2.45. The number of ether oxygens (including phenoxy) is 1. The normalized spacial score (nSPS) is 15.7. The molecule has 1 unspecified atom stereocenters. The molecular weight excluding hydrogens is 529 g/mol. The molecule has 39 heavy (non-hydrogen) atoms. The molecule has 3 aromatic carbocycles. The average molecular weight is 551 g/mol. The van der Waals surface area contributed by atoms with Crippen molar-refractivity contribution in [3.05, 3.63) is 112 Å². The Morgan fingerprint density at radius 1 is 1.03 bits per heavy atom. The molecule has 1 aliphatic rings. The summed E-state index contributed by atoms with van der Waals surface area (Å²) in [6.07, 6.45) is -4.66. The number of nitrogens with zero attached hydrogens (tertiary/aromatic N) is 2. The maximum absolute atomic E-state index is 14.0. The summed E-state index contributed by atoms with van der Waals surface area (Å²) in [5, 5.41) is 11.6. The van der Waals surface area contributed by atoms with E-state index in [1.165, 1.54) is 19.2 Å². The third-order valence-corrected chi connectivity index (χ3v) is 7.54. The van der Waals surface area contributed by atoms with Gasteiger partial charge in [0.1, 0.15) is 10.8 Å². The third kappa shape index (κ3) is 4.79. The Morgan fingerprint density at radius 3 is 2.44 bits per heavy atom. The zero-order chi connectivity index (χ0) is 27.9. The number of methoxy groups -OCH3 is 1. The van der Waals surface area contributed by atoms with Gasteiger partial charge in [0.05, 0.1) is 34.9 Å². The number of anilines is 1. The smallest absolute Gasteiger partial charge is 0.416 e. The number of alkyl halides is 3. The van der Waals surface area contributed by atoms with Crippen molar-refractivity contribution >= 4 is 28.7 Å². The number of aliphatic hydroxyl groups excluding tert-OH is 1. The van der Waals surface area contributed by atoms with Crippen LogP contribution in [-0.4, -0.2) is 28.9 Å². The van der Waals surface area contributed by atoms with Gasteiger partial charge in [0.15, 0.2) is 5.76 Å². The Kier molecular flexibility index (Phi) is 6.73. The number of Topliss-reactive ketones (excluding diaryl/α,β-unsaturated/α-hetero) is 1. The zero-order valence-corrected chi connectivity index (χ0v) is 21.5. The highest BCUT2D eigenvalue weighted by Gasteiger charge is 2.46. The number of aromatic nitrogens is 1. The van der Waals surface area contributed by atoms with Gasteiger partial charge in [0.25, 0.3) is 5.91 Å². The van der Waals surface area contributed by atoms with Crippen LogP contribution < -0.4 is 9.64 Å². The Bertz CT molecular complexity index is 1610. The molecule has 1 aromatic heterocycles. The molecule has 5 rings (SSSR count). The fourth-order valence-corrected chi connectivity index (χ4v) is 5.52. The van der Waals surface area contributed by atoms with Crippen LogP contribution in [0.1, 0.15) is 32.5 Å². The predicted octanol–water partition coefficient (Wildman–Crippen LogP) is 6.93. The molecule has 4 aromatic rings. The first-order valence-corrected chi connectivity index (χ1v) is 12.6. The predicted molar refractivity (Wildman–Crippen MR) is 141 cm³/mol. The monoisotopic (exact) mass is 550 g/mol. The highest BCUT2D eigenvalue weighted by atomic mass is 32.1. The molecule has 0 radical (unpaired) electrons. The lowest BCUT2D eigenvalue weighted by Gasteiger charge is -2.27. The molecule has 0 bridgehead atoms. The summed E-state index contributed by atoms with van der Waals surface area (Å²) < 4.78 is 45.9. The number of hydrogen-bond donors (Lipinski definition) is 1. The summed E-state index contributed by atoms with van der Waals surface area (Å²) in [5.41, 5.74) is 0.221. The van der Waals surface area contributed by atoms with Gasteiger partial charge in [0, 0.05) is 11.3 Å². The van der Waals surface area contributed by atoms with Gasteiger partial charge in [0.2, 0.25) is 5.78 Å². The van der Waals surface area contributed by atoms with E-state index in [0.29, 0.717) is 22.0 Å². The summed E-state index contributed by atoms with van der Waals surface area (Å²) in [7, 11) is 1.44. The Balaban J connectivity index is 1.65. The number of ketones is 1. The summed E-state index contributed by atoms with van der Waals surface area (Å²) in [5.74, 6) is -2.06. The zero-order valence-electron chi connectivity index (χ0n) is 20.7. The third-order valence-electron chi connectivity index (χ3n) is 6.34. The van der Waals surface area contributed by atoms with Gasteiger partial charge >= 0.3 is 6.18 Å². The first-order valence-electron chi connectivity index (χ1n) is 11.8. The van der Waals surface area contributed by atoms with Crippen molar-refractivity contribution in [2.45, 2.75) is 19.1 Å². The lowest BCUT2D eigenvalue weighted by atomic mass is 9.94. The minimum Gasteiger partial charge on any atom is -0.503 e. The molecule has 198 valence electrons. The molecule has 0 saturated heterocycles. The van der Waals surface area contributed by atoms with Crippen LogP contribution in [0, 0.1) is 6.92 Å². The molecule has 0 spiro atoms. The van der Waals surface area contributed by atoms with Gasteiger partial charge in [-0.05, 0) is 42.8 Å². The van der Waals surface area contributed by atoms with E-state index in [0.717, 1.165) is 33.9 Å². The Hall–Kier alpha value is -4.44. The maximum atomic E-state index is 14.0. The second-order valence-electron chi connectivity index (χ2n) is 8.79. The van der Waals surface area contributed by atoms with E-state index in [1.54, 1.807) is 31.2 Å². The minimum atomic E-state index is -4.66. The van der Waals surface area contributed by atoms with Crippen LogP contribution in [0.3, 0.4) is 0 Å². The van der Waals surface area contributed by atoms with Crippen molar-refractivity contribution in [2.75, 3.05) is 12.0 Å². The summed E-state index contributed by atoms with van der Waals surface area (Å²) in [6.45, 7) is 1.65. The van der Waals surface area contributed by atoms with Gasteiger partial charge in [-0.3, -0.25) is 14.5 Å². The van der Waals surface area contributed by atoms with E-state index in [1.807, 2.05) is 30.3 Å². The average Bonchev–Trinajstić information content (AvgIpc) is 3.45. The molecule has 0 saturated carbocycles. The molecule has 6 nitrogen and oxygen atoms in total. The Labute approximate surface area is 225 Å². The number of carbonyl (C=O) groups is 2. The SMILES string of the molecule is COc1cccc(C2C(C(=O)c3sc(-c4ccccc4)nc3C)=C(O)C(=O)N2c2cccc(C(F)(F)F)c2)c1. The number of benzene rings is 3. The molecule has 0 fully saturated rings. The quantitative estimate of drug-likeness (QED) is 0.264. The van der Waals surface area contributed by atoms with E-state index in [4.69, 9.17) is 4.74 Å². The summed E-state index contributed by atoms with van der Waals surface area (Å²) in [4.78, 5) is 33.1. The van der Waals surface area contributed by atoms with Gasteiger partial charge in [-0.2, -0.15) is 13.2 Å². The van der Waals surface area contributed by atoms with Crippen molar-refractivity contribution in [2.24, 2.45) is 0 Å². The van der Waals surface area contributed by atoms with Crippen molar-refractivity contribution in [1.29, 1.82) is 0 Å². The maximum Gasteiger partial charge on any atom is 0.416 e. The van der Waals surface area contributed by atoms with Crippen molar-refractivity contribution in [3.8, 4) is 16.3 Å². The number of amides is 1. The fourth-order valence-electron chi connectivity index (χ4n) is 4.50. The van der Waals surface area contributed by atoms with Crippen LogP contribution >= 0.6 is 11.3 Å². The first kappa shape index (κ1) is 26.2. The molecule has 2 heterocycles. The molecule has 1 atom stereocenters. The molecule has 0 aliphatic carbocycles. The van der Waals surface area contributed by atoms with E-state index in [9.17, 15) is 27.9 Å². The number of hydrogen-bond acceptors (Lipinski definition) is 6. The van der Waals surface area contributed by atoms with Crippen LogP contribution in [0.2, 0.25) is 0 Å². The van der Waals surface area contributed by atoms with Crippen molar-refractivity contribution < 1.29 is 32.6 Å². The van der Waals surface area contributed by atoms with Crippen molar-refractivity contribution in [1.82, 2.24) is 4.98 Å². The lowest BCUT2D eigenvalue weighted by Crippen LogP contribution is -2.31. The number of aliphatic hydroxyl groups is 1. The second kappa shape index (κ2) is 10.0. The topological polar surface area (TPSA) is 79.7 Å².